The molecular weight excluding hydrogens is 835 g/mol. The van der Waals surface area contributed by atoms with Crippen LogP contribution in [0.5, 0.6) is 5.75 Å². The Labute approximate surface area is 370 Å². The van der Waals surface area contributed by atoms with Gasteiger partial charge in [-0.3, -0.25) is 4.98 Å². The van der Waals surface area contributed by atoms with Crippen LogP contribution in [0.1, 0.15) is 77.3 Å². The molecule has 2 aromatic carbocycles. The number of hydrogen-bond acceptors (Lipinski definition) is 10. The first kappa shape index (κ1) is 45.2. The van der Waals surface area contributed by atoms with Gasteiger partial charge >= 0.3 is 24.1 Å². The van der Waals surface area contributed by atoms with Gasteiger partial charge in [-0.25, -0.2) is 14.6 Å². The average Bonchev–Trinajstić information content (AvgIpc) is 3.87. The molecule has 2 N–H and O–H groups in total. The predicted octanol–water partition coefficient (Wildman–Crippen LogP) is 7.60. The standard InChI is InChI=1S/C47H57F4N7O6/c1-27(62-8)40-34(20-30(24-52-40)55-14-12-54(7)13-15-55)41-35-23-46(5,6)26-63-43(60)37-10-9-11-57(53-37)42-39(58(42)44(61)64-45(2,3)4)18-28-16-29(19-31(59)17-28)32-21-33(35)38(22-36(32)48)56(41)25-47(49,50)51/h16-17,19-22,24,27,37,39,53H,9-15,18,23,25-26H2,1-8H3/p+1/t27-,37-,39-/m0/s1. The maximum Gasteiger partial charge on any atom is 0.508 e. The lowest BCUT2D eigenvalue weighted by molar-refractivity contribution is -0.600. The van der Waals surface area contributed by atoms with Crippen LogP contribution in [0.2, 0.25) is 0 Å². The van der Waals surface area contributed by atoms with Crippen molar-refractivity contribution in [1.29, 1.82) is 0 Å². The molecule has 64 heavy (non-hydrogen) atoms. The second-order valence-corrected chi connectivity index (χ2v) is 19.4. The van der Waals surface area contributed by atoms with Crippen LogP contribution >= 0.6 is 0 Å². The van der Waals surface area contributed by atoms with Crippen LogP contribution in [-0.2, 0) is 38.4 Å². The minimum atomic E-state index is -4.72. The van der Waals surface area contributed by atoms with E-state index in [2.05, 4.69) is 15.2 Å². The molecule has 2 aromatic heterocycles. The molecule has 0 spiro atoms. The van der Waals surface area contributed by atoms with E-state index in [9.17, 15) is 27.9 Å². The lowest BCUT2D eigenvalue weighted by Gasteiger charge is -2.34. The van der Waals surface area contributed by atoms with Crippen molar-refractivity contribution in [1.82, 2.24) is 24.8 Å². The van der Waals surface area contributed by atoms with Crippen LogP contribution in [0, 0.1) is 11.2 Å². The summed E-state index contributed by atoms with van der Waals surface area (Å²) in [4.78, 5) is 38.2. The number of nitrogens with one attached hydrogen (secondary N) is 1. The molecule has 4 aliphatic heterocycles. The number of alkyl halides is 3. The molecule has 6 bridgehead atoms. The van der Waals surface area contributed by atoms with E-state index in [4.69, 9.17) is 19.2 Å². The number of fused-ring (bicyclic) bond motifs is 7. The summed E-state index contributed by atoms with van der Waals surface area (Å²) in [6.45, 7) is 12.7. The highest BCUT2D eigenvalue weighted by atomic mass is 19.4. The number of halogens is 4. The Kier molecular flexibility index (Phi) is 11.9. The quantitative estimate of drug-likeness (QED) is 0.0897. The predicted molar refractivity (Wildman–Crippen MR) is 234 cm³/mol. The Morgan fingerprint density at radius 3 is 2.50 bits per heavy atom. The number of hydrazone groups is 1. The number of aromatic hydroxyl groups is 1. The largest absolute Gasteiger partial charge is 0.508 e. The SMILES string of the molecule is CO[C@@H](C)c1ncc(N2CCN(C)CC2)cc1-c1c2c3cc(c(F)cc3n1CC(F)(F)F)-c1cc(O)cc(c1)C[C@H]1/C(=[N+]3/CCC[C@H](N3)C(=O)OCC(C)(C)C2)N1C(=O)OC(C)(C)C. The number of benzene rings is 2. The number of carbonyl (C=O) groups excluding carboxylic acids is 2. The number of amides is 1. The number of amidine groups is 1. The number of ether oxygens (including phenoxy) is 3. The maximum atomic E-state index is 16.9. The summed E-state index contributed by atoms with van der Waals surface area (Å²) < 4.78 is 82.2. The molecule has 1 amide bonds. The fraction of sp³-hybridized carbons (Fsp3) is 0.532. The molecule has 3 fully saturated rings. The number of phenolic OH excluding ortho intramolecular Hbond substituents is 1. The number of hydrogen-bond donors (Lipinski definition) is 2. The molecule has 3 atom stereocenters. The summed E-state index contributed by atoms with van der Waals surface area (Å²) in [5, 5.41) is 11.5. The first-order valence-corrected chi connectivity index (χ1v) is 21.9. The van der Waals surface area contributed by atoms with Crippen LogP contribution in [0.3, 0.4) is 0 Å². The fourth-order valence-electron chi connectivity index (χ4n) is 9.26. The summed E-state index contributed by atoms with van der Waals surface area (Å²) >= 11 is 0. The third-order valence-corrected chi connectivity index (χ3v) is 12.5. The molecule has 3 saturated heterocycles. The topological polar surface area (TPSA) is 124 Å². The minimum absolute atomic E-state index is 0.0175. The number of likely N-dealkylation sites (N-methyl/N-ethyl adjacent to an activating group) is 1. The van der Waals surface area contributed by atoms with Gasteiger partial charge in [0.2, 0.25) is 6.04 Å². The highest BCUT2D eigenvalue weighted by Crippen LogP contribution is 2.45. The van der Waals surface area contributed by atoms with E-state index in [1.165, 1.54) is 24.1 Å². The molecule has 0 saturated carbocycles. The number of hydrazine groups is 1. The van der Waals surface area contributed by atoms with Crippen molar-refractivity contribution in [2.24, 2.45) is 5.41 Å². The number of piperazine rings is 1. The third kappa shape index (κ3) is 9.37. The number of aromatic nitrogens is 2. The lowest BCUT2D eigenvalue weighted by atomic mass is 9.84. The summed E-state index contributed by atoms with van der Waals surface area (Å²) in [6, 6.07) is 7.95. The number of pyridine rings is 1. The minimum Gasteiger partial charge on any atom is -0.508 e. The number of esters is 1. The highest BCUT2D eigenvalue weighted by Gasteiger charge is 2.62. The van der Waals surface area contributed by atoms with Gasteiger partial charge in [-0.05, 0) is 101 Å². The second kappa shape index (κ2) is 16.9. The monoisotopic (exact) mass is 892 g/mol. The Morgan fingerprint density at radius 2 is 1.81 bits per heavy atom. The first-order chi connectivity index (χ1) is 30.1. The maximum absolute atomic E-state index is 16.9. The Bertz CT molecular complexity index is 2510. The van der Waals surface area contributed by atoms with Gasteiger partial charge in [-0.1, -0.05) is 19.9 Å². The molecule has 4 aromatic rings. The lowest BCUT2D eigenvalue weighted by Crippen LogP contribution is -2.50. The summed E-state index contributed by atoms with van der Waals surface area (Å²) in [5.74, 6) is -0.879. The number of carbonyl (C=O) groups is 2. The van der Waals surface area contributed by atoms with E-state index in [1.807, 2.05) is 27.0 Å². The van der Waals surface area contributed by atoms with Gasteiger partial charge < -0.3 is 33.7 Å². The van der Waals surface area contributed by atoms with Crippen LogP contribution in [0.15, 0.2) is 42.6 Å². The van der Waals surface area contributed by atoms with E-state index in [1.54, 1.807) is 50.7 Å². The molecule has 0 unspecified atom stereocenters. The van der Waals surface area contributed by atoms with Crippen LogP contribution in [-0.4, -0.2) is 124 Å². The van der Waals surface area contributed by atoms with Gasteiger partial charge in [0.05, 0.1) is 41.5 Å². The molecule has 344 valence electrons. The number of cyclic esters (lactones) is 1. The molecule has 0 aliphatic carbocycles. The normalized spacial score (nSPS) is 22.3. The Hall–Kier alpha value is -5.42. The zero-order valence-corrected chi connectivity index (χ0v) is 37.7. The van der Waals surface area contributed by atoms with Crippen LogP contribution in [0.25, 0.3) is 33.3 Å². The van der Waals surface area contributed by atoms with Crippen molar-refractivity contribution >= 4 is 34.5 Å². The zero-order chi connectivity index (χ0) is 46.0. The van der Waals surface area contributed by atoms with Gasteiger partial charge in [0.25, 0.3) is 0 Å². The fourth-order valence-corrected chi connectivity index (χ4v) is 9.26. The van der Waals surface area contributed by atoms with E-state index in [-0.39, 0.29) is 42.0 Å². The van der Waals surface area contributed by atoms with Gasteiger partial charge in [0.1, 0.15) is 30.3 Å². The summed E-state index contributed by atoms with van der Waals surface area (Å²) in [7, 11) is 3.54. The van der Waals surface area contributed by atoms with E-state index in [0.717, 1.165) is 29.4 Å². The van der Waals surface area contributed by atoms with Crippen molar-refractivity contribution in [3.8, 4) is 28.1 Å². The molecule has 8 rings (SSSR count). The van der Waals surface area contributed by atoms with Gasteiger partial charge in [-0.2, -0.15) is 22.7 Å². The van der Waals surface area contributed by atoms with E-state index >= 15 is 4.39 Å². The van der Waals surface area contributed by atoms with Crippen molar-refractivity contribution in [3.05, 3.63) is 65.2 Å². The van der Waals surface area contributed by atoms with E-state index in [0.29, 0.717) is 71.6 Å². The van der Waals surface area contributed by atoms with Crippen molar-refractivity contribution in [2.75, 3.05) is 58.4 Å². The van der Waals surface area contributed by atoms with Crippen LogP contribution < -0.4 is 10.3 Å². The van der Waals surface area contributed by atoms with Gasteiger partial charge in [0, 0.05) is 61.6 Å². The van der Waals surface area contributed by atoms with Gasteiger partial charge in [-0.15, -0.1) is 4.90 Å². The number of phenols is 1. The second-order valence-electron chi connectivity index (χ2n) is 19.4. The number of anilines is 1. The number of nitrogens with zero attached hydrogens (tertiary/aromatic N) is 6. The molecule has 6 heterocycles. The molecule has 4 aliphatic rings. The third-order valence-electron chi connectivity index (χ3n) is 12.5. The van der Waals surface area contributed by atoms with E-state index < -0.39 is 59.8 Å². The number of rotatable bonds is 5. The zero-order valence-electron chi connectivity index (χ0n) is 37.7. The highest BCUT2D eigenvalue weighted by molar-refractivity contribution is 6.10. The molecular formula is C47H58F4N7O6+. The smallest absolute Gasteiger partial charge is 0.508 e. The summed E-state index contributed by atoms with van der Waals surface area (Å²) in [5.41, 5.74) is 4.80. The van der Waals surface area contributed by atoms with Gasteiger partial charge in [0.15, 0.2) is 6.04 Å². The van der Waals surface area contributed by atoms with Crippen molar-refractivity contribution < 1.29 is 51.2 Å². The molecule has 13 nitrogen and oxygen atoms in total. The Morgan fingerprint density at radius 1 is 1.08 bits per heavy atom. The Balaban J connectivity index is 1.36. The average molecular weight is 893 g/mol. The molecule has 17 heteroatoms. The van der Waals surface area contributed by atoms with Crippen molar-refractivity contribution in [3.63, 3.8) is 0 Å². The van der Waals surface area contributed by atoms with Crippen molar-refractivity contribution in [2.45, 2.75) is 104 Å². The number of methoxy groups -OCH3 is 1. The van der Waals surface area contributed by atoms with Crippen LogP contribution in [0.4, 0.5) is 28.0 Å². The summed E-state index contributed by atoms with van der Waals surface area (Å²) in [6.07, 6.45) is -2.81. The first-order valence-electron chi connectivity index (χ1n) is 21.9. The molecule has 0 radical (unpaired) electrons.